The third-order valence-electron chi connectivity index (χ3n) is 4.27. The molecule has 0 amide bonds. The Bertz CT molecular complexity index is 585. The average molecular weight is 317 g/mol. The lowest BCUT2D eigenvalue weighted by Gasteiger charge is -2.27. The highest BCUT2D eigenvalue weighted by molar-refractivity contribution is 7.09. The van der Waals surface area contributed by atoms with Gasteiger partial charge in [0.1, 0.15) is 0 Å². The normalized spacial score (nSPS) is 18.6. The number of aryl methyl sites for hydroxylation is 1. The number of hydrogen-bond acceptors (Lipinski definition) is 4. The first kappa shape index (κ1) is 15.7. The molecule has 2 aromatic rings. The summed E-state index contributed by atoms with van der Waals surface area (Å²) in [6.45, 7) is 1.62. The fourth-order valence-corrected chi connectivity index (χ4v) is 3.84. The number of thiophene rings is 1. The molecule has 1 N–H and O–H groups in total. The van der Waals surface area contributed by atoms with Gasteiger partial charge in [-0.25, -0.2) is 0 Å². The van der Waals surface area contributed by atoms with E-state index in [1.807, 2.05) is 11.4 Å². The highest BCUT2D eigenvalue weighted by Gasteiger charge is 2.26. The van der Waals surface area contributed by atoms with E-state index in [2.05, 4.69) is 42.3 Å². The molecule has 4 heteroatoms. The van der Waals surface area contributed by atoms with Gasteiger partial charge in [0.25, 0.3) is 0 Å². The number of ether oxygens (including phenoxy) is 1. The molecule has 1 aliphatic carbocycles. The molecule has 118 valence electrons. The van der Waals surface area contributed by atoms with Crippen molar-refractivity contribution in [1.82, 2.24) is 4.90 Å². The maximum absolute atomic E-state index is 10.2. The second kappa shape index (κ2) is 7.38. The van der Waals surface area contributed by atoms with Gasteiger partial charge in [-0.2, -0.15) is 0 Å². The van der Waals surface area contributed by atoms with Crippen molar-refractivity contribution >= 4 is 11.3 Å². The Hall–Kier alpha value is -1.20. The number of fused-ring (bicyclic) bond motifs is 1. The summed E-state index contributed by atoms with van der Waals surface area (Å²) in [7, 11) is 2.09. The molecule has 0 spiro atoms. The van der Waals surface area contributed by atoms with E-state index in [0.29, 0.717) is 25.8 Å². The molecular formula is C18H23NO2S. The van der Waals surface area contributed by atoms with Gasteiger partial charge in [-0.15, -0.1) is 11.3 Å². The molecule has 1 aromatic heterocycles. The van der Waals surface area contributed by atoms with Crippen LogP contribution in [0.25, 0.3) is 0 Å². The van der Waals surface area contributed by atoms with Crippen LogP contribution in [0.15, 0.2) is 41.8 Å². The molecule has 0 fully saturated rings. The Balaban J connectivity index is 1.46. The first-order valence-corrected chi connectivity index (χ1v) is 8.68. The molecule has 1 aliphatic rings. The molecule has 2 atom stereocenters. The SMILES string of the molecule is CN(CC(O)COCc1cccs1)C1CCc2ccccc21. The van der Waals surface area contributed by atoms with Crippen molar-refractivity contribution in [2.75, 3.05) is 20.2 Å². The zero-order valence-electron chi connectivity index (χ0n) is 12.9. The van der Waals surface area contributed by atoms with E-state index >= 15 is 0 Å². The predicted molar refractivity (Wildman–Crippen MR) is 90.1 cm³/mol. The molecule has 0 saturated heterocycles. The van der Waals surface area contributed by atoms with E-state index in [4.69, 9.17) is 4.74 Å². The third kappa shape index (κ3) is 3.76. The van der Waals surface area contributed by atoms with Crippen LogP contribution in [-0.4, -0.2) is 36.3 Å². The van der Waals surface area contributed by atoms with E-state index in [9.17, 15) is 5.11 Å². The van der Waals surface area contributed by atoms with E-state index in [-0.39, 0.29) is 0 Å². The number of benzene rings is 1. The van der Waals surface area contributed by atoms with Crippen LogP contribution in [0.4, 0.5) is 0 Å². The number of aliphatic hydroxyl groups excluding tert-OH is 1. The van der Waals surface area contributed by atoms with Gasteiger partial charge in [0.05, 0.1) is 19.3 Å². The number of rotatable bonds is 7. The Morgan fingerprint density at radius 3 is 3.00 bits per heavy atom. The van der Waals surface area contributed by atoms with Crippen LogP contribution < -0.4 is 0 Å². The van der Waals surface area contributed by atoms with Crippen LogP contribution in [0.1, 0.15) is 28.5 Å². The van der Waals surface area contributed by atoms with Crippen LogP contribution in [0.2, 0.25) is 0 Å². The minimum absolute atomic E-state index is 0.386. The van der Waals surface area contributed by atoms with E-state index < -0.39 is 6.10 Å². The number of likely N-dealkylation sites (N-methyl/N-ethyl adjacent to an activating group) is 1. The van der Waals surface area contributed by atoms with Gasteiger partial charge in [0, 0.05) is 17.5 Å². The largest absolute Gasteiger partial charge is 0.389 e. The lowest BCUT2D eigenvalue weighted by atomic mass is 10.1. The topological polar surface area (TPSA) is 32.7 Å². The zero-order valence-corrected chi connectivity index (χ0v) is 13.8. The molecule has 22 heavy (non-hydrogen) atoms. The summed E-state index contributed by atoms with van der Waals surface area (Å²) in [5.41, 5.74) is 2.86. The zero-order chi connectivity index (χ0) is 15.4. The summed E-state index contributed by atoms with van der Waals surface area (Å²) in [6.07, 6.45) is 1.83. The lowest BCUT2D eigenvalue weighted by molar-refractivity contribution is 0.00823. The number of hydrogen-bond donors (Lipinski definition) is 1. The minimum atomic E-state index is -0.447. The molecule has 1 heterocycles. The first-order valence-electron chi connectivity index (χ1n) is 7.80. The maximum Gasteiger partial charge on any atom is 0.0900 e. The molecule has 0 radical (unpaired) electrons. The van der Waals surface area contributed by atoms with Gasteiger partial charge in [0.2, 0.25) is 0 Å². The maximum atomic E-state index is 10.2. The summed E-state index contributed by atoms with van der Waals surface area (Å²) in [4.78, 5) is 3.45. The van der Waals surface area contributed by atoms with Gasteiger partial charge in [0.15, 0.2) is 0 Å². The molecule has 3 rings (SSSR count). The standard InChI is InChI=1S/C18H23NO2S/c1-19(18-9-8-14-5-2-3-7-17(14)18)11-15(20)12-21-13-16-6-4-10-22-16/h2-7,10,15,18,20H,8-9,11-13H2,1H3. The van der Waals surface area contributed by atoms with Gasteiger partial charge in [-0.05, 0) is 42.5 Å². The smallest absolute Gasteiger partial charge is 0.0900 e. The monoisotopic (exact) mass is 317 g/mol. The second-order valence-corrected chi connectivity index (χ2v) is 6.97. The Kier molecular flexibility index (Phi) is 5.26. The Morgan fingerprint density at radius 1 is 1.32 bits per heavy atom. The fraction of sp³-hybridized carbons (Fsp3) is 0.444. The summed E-state index contributed by atoms with van der Waals surface area (Å²) in [5, 5.41) is 12.2. The lowest BCUT2D eigenvalue weighted by Crippen LogP contribution is -2.34. The van der Waals surface area contributed by atoms with Crippen molar-refractivity contribution in [3.63, 3.8) is 0 Å². The van der Waals surface area contributed by atoms with Gasteiger partial charge in [-0.3, -0.25) is 4.90 Å². The molecule has 0 aliphatic heterocycles. The number of nitrogens with zero attached hydrogens (tertiary/aromatic N) is 1. The van der Waals surface area contributed by atoms with E-state index in [1.54, 1.807) is 11.3 Å². The van der Waals surface area contributed by atoms with Crippen LogP contribution >= 0.6 is 11.3 Å². The van der Waals surface area contributed by atoms with E-state index in [0.717, 1.165) is 12.8 Å². The highest BCUT2D eigenvalue weighted by atomic mass is 32.1. The molecule has 0 saturated carbocycles. The number of aliphatic hydroxyl groups is 1. The predicted octanol–water partition coefficient (Wildman–Crippen LogP) is 3.24. The van der Waals surface area contributed by atoms with Crippen molar-refractivity contribution in [2.24, 2.45) is 0 Å². The van der Waals surface area contributed by atoms with Gasteiger partial charge < -0.3 is 9.84 Å². The van der Waals surface area contributed by atoms with Crippen molar-refractivity contribution in [3.05, 3.63) is 57.8 Å². The van der Waals surface area contributed by atoms with Crippen LogP contribution in [-0.2, 0) is 17.8 Å². The Labute approximate surface area is 136 Å². The minimum Gasteiger partial charge on any atom is -0.389 e. The molecule has 3 nitrogen and oxygen atoms in total. The molecule has 0 bridgehead atoms. The summed E-state index contributed by atoms with van der Waals surface area (Å²) in [5.74, 6) is 0. The quantitative estimate of drug-likeness (QED) is 0.851. The molecular weight excluding hydrogens is 294 g/mol. The fourth-order valence-electron chi connectivity index (χ4n) is 3.20. The van der Waals surface area contributed by atoms with Crippen molar-refractivity contribution in [2.45, 2.75) is 31.6 Å². The van der Waals surface area contributed by atoms with Gasteiger partial charge in [-0.1, -0.05) is 30.3 Å². The molecule has 2 unspecified atom stereocenters. The third-order valence-corrected chi connectivity index (χ3v) is 5.12. The van der Waals surface area contributed by atoms with Crippen molar-refractivity contribution in [1.29, 1.82) is 0 Å². The van der Waals surface area contributed by atoms with Gasteiger partial charge >= 0.3 is 0 Å². The van der Waals surface area contributed by atoms with Crippen LogP contribution in [0.3, 0.4) is 0 Å². The van der Waals surface area contributed by atoms with E-state index in [1.165, 1.54) is 16.0 Å². The van der Waals surface area contributed by atoms with Crippen molar-refractivity contribution < 1.29 is 9.84 Å². The summed E-state index contributed by atoms with van der Waals surface area (Å²) < 4.78 is 5.61. The first-order chi connectivity index (χ1) is 10.7. The summed E-state index contributed by atoms with van der Waals surface area (Å²) in [6, 6.07) is 13.1. The average Bonchev–Trinajstić information content (AvgIpc) is 3.16. The second-order valence-electron chi connectivity index (χ2n) is 5.94. The Morgan fingerprint density at radius 2 is 2.18 bits per heavy atom. The van der Waals surface area contributed by atoms with Crippen LogP contribution in [0, 0.1) is 0 Å². The van der Waals surface area contributed by atoms with Crippen molar-refractivity contribution in [3.8, 4) is 0 Å². The molecule has 1 aromatic carbocycles. The summed E-state index contributed by atoms with van der Waals surface area (Å²) >= 11 is 1.68. The highest BCUT2D eigenvalue weighted by Crippen LogP contribution is 2.34. The van der Waals surface area contributed by atoms with Crippen LogP contribution in [0.5, 0.6) is 0 Å².